The third kappa shape index (κ3) is 3.41. The zero-order chi connectivity index (χ0) is 18.0. The highest BCUT2D eigenvalue weighted by Crippen LogP contribution is 2.26. The standard InChI is InChI=1S/C20H26N2O3/c1-4-25-20(24)15-9-11-22(12-10-15)19(23)13-17-14(2)21(3)18-8-6-5-7-16(17)18/h5-8,15H,4,9-13H2,1-3H3. The van der Waals surface area contributed by atoms with Crippen LogP contribution in [0.1, 0.15) is 31.0 Å². The van der Waals surface area contributed by atoms with E-state index in [9.17, 15) is 9.59 Å². The van der Waals surface area contributed by atoms with E-state index in [-0.39, 0.29) is 17.8 Å². The second kappa shape index (κ2) is 7.30. The van der Waals surface area contributed by atoms with E-state index in [1.807, 2.05) is 31.0 Å². The van der Waals surface area contributed by atoms with E-state index in [2.05, 4.69) is 23.6 Å². The summed E-state index contributed by atoms with van der Waals surface area (Å²) in [5, 5.41) is 1.15. The molecule has 0 saturated carbocycles. The third-order valence-electron chi connectivity index (χ3n) is 5.33. The lowest BCUT2D eigenvalue weighted by Gasteiger charge is -2.31. The fraction of sp³-hybridized carbons (Fsp3) is 0.500. The monoisotopic (exact) mass is 342 g/mol. The lowest BCUT2D eigenvalue weighted by molar-refractivity contribution is -0.151. The Kier molecular flexibility index (Phi) is 5.11. The Balaban J connectivity index is 1.68. The number of carbonyl (C=O) groups is 2. The molecule has 1 saturated heterocycles. The number of aromatic nitrogens is 1. The first-order valence-corrected chi connectivity index (χ1v) is 9.00. The first-order valence-electron chi connectivity index (χ1n) is 9.00. The summed E-state index contributed by atoms with van der Waals surface area (Å²) in [6.07, 6.45) is 1.80. The minimum absolute atomic E-state index is 0.0664. The van der Waals surface area contributed by atoms with Crippen LogP contribution in [0.15, 0.2) is 24.3 Å². The van der Waals surface area contributed by atoms with E-state index in [1.165, 1.54) is 0 Å². The van der Waals surface area contributed by atoms with E-state index < -0.39 is 0 Å². The van der Waals surface area contributed by atoms with Gasteiger partial charge in [0.15, 0.2) is 0 Å². The maximum Gasteiger partial charge on any atom is 0.309 e. The van der Waals surface area contributed by atoms with Crippen molar-refractivity contribution in [1.82, 2.24) is 9.47 Å². The average molecular weight is 342 g/mol. The van der Waals surface area contributed by atoms with Crippen LogP contribution in [-0.4, -0.2) is 41.0 Å². The number of piperidine rings is 1. The minimum atomic E-state index is -0.125. The Labute approximate surface area is 148 Å². The molecule has 0 spiro atoms. The van der Waals surface area contributed by atoms with Crippen LogP contribution >= 0.6 is 0 Å². The van der Waals surface area contributed by atoms with E-state index >= 15 is 0 Å². The molecule has 1 aliphatic rings. The van der Waals surface area contributed by atoms with Crippen LogP contribution in [0.4, 0.5) is 0 Å². The summed E-state index contributed by atoms with van der Waals surface area (Å²) in [6, 6.07) is 8.20. The average Bonchev–Trinajstić information content (AvgIpc) is 2.87. The van der Waals surface area contributed by atoms with E-state index in [0.29, 0.717) is 39.0 Å². The van der Waals surface area contributed by atoms with Crippen LogP contribution in [0.2, 0.25) is 0 Å². The molecule has 0 unspecified atom stereocenters. The number of aryl methyl sites for hydroxylation is 1. The number of esters is 1. The fourth-order valence-electron chi connectivity index (χ4n) is 3.71. The number of para-hydroxylation sites is 1. The largest absolute Gasteiger partial charge is 0.466 e. The van der Waals surface area contributed by atoms with Gasteiger partial charge in [-0.3, -0.25) is 9.59 Å². The maximum atomic E-state index is 12.8. The third-order valence-corrected chi connectivity index (χ3v) is 5.33. The zero-order valence-electron chi connectivity index (χ0n) is 15.2. The number of carbonyl (C=O) groups excluding carboxylic acids is 2. The molecule has 25 heavy (non-hydrogen) atoms. The Morgan fingerprint density at radius 3 is 2.56 bits per heavy atom. The van der Waals surface area contributed by atoms with Crippen molar-refractivity contribution < 1.29 is 14.3 Å². The number of hydrogen-bond acceptors (Lipinski definition) is 3. The molecule has 1 amide bonds. The summed E-state index contributed by atoms with van der Waals surface area (Å²) in [7, 11) is 2.04. The normalized spacial score (nSPS) is 15.6. The van der Waals surface area contributed by atoms with Gasteiger partial charge in [0.05, 0.1) is 18.9 Å². The number of amides is 1. The smallest absolute Gasteiger partial charge is 0.309 e. The highest BCUT2D eigenvalue weighted by Gasteiger charge is 2.28. The number of ether oxygens (including phenoxy) is 1. The number of fused-ring (bicyclic) bond motifs is 1. The molecular weight excluding hydrogens is 316 g/mol. The number of rotatable bonds is 4. The van der Waals surface area contributed by atoms with Crippen molar-refractivity contribution in [3.8, 4) is 0 Å². The number of likely N-dealkylation sites (tertiary alicyclic amines) is 1. The molecule has 0 bridgehead atoms. The Bertz CT molecular complexity index is 786. The van der Waals surface area contributed by atoms with Crippen molar-refractivity contribution in [1.29, 1.82) is 0 Å². The summed E-state index contributed by atoms with van der Waals surface area (Å²) in [5.41, 5.74) is 3.40. The molecule has 0 radical (unpaired) electrons. The molecule has 3 rings (SSSR count). The van der Waals surface area contributed by atoms with Crippen molar-refractivity contribution in [3.05, 3.63) is 35.5 Å². The summed E-state index contributed by atoms with van der Waals surface area (Å²) < 4.78 is 7.24. The van der Waals surface area contributed by atoms with Gasteiger partial charge in [-0.2, -0.15) is 0 Å². The van der Waals surface area contributed by atoms with Crippen molar-refractivity contribution in [2.45, 2.75) is 33.1 Å². The first kappa shape index (κ1) is 17.5. The minimum Gasteiger partial charge on any atom is -0.466 e. The summed E-state index contributed by atoms with van der Waals surface area (Å²) >= 11 is 0. The number of nitrogens with zero attached hydrogens (tertiary/aromatic N) is 2. The number of benzene rings is 1. The molecule has 1 fully saturated rings. The van der Waals surface area contributed by atoms with Crippen molar-refractivity contribution >= 4 is 22.8 Å². The Morgan fingerprint density at radius 2 is 1.88 bits per heavy atom. The molecule has 1 aromatic carbocycles. The maximum absolute atomic E-state index is 12.8. The quantitative estimate of drug-likeness (QED) is 0.803. The van der Waals surface area contributed by atoms with Crippen LogP contribution in [0.25, 0.3) is 10.9 Å². The topological polar surface area (TPSA) is 51.5 Å². The highest BCUT2D eigenvalue weighted by atomic mass is 16.5. The van der Waals surface area contributed by atoms with Gasteiger partial charge in [-0.25, -0.2) is 0 Å². The van der Waals surface area contributed by atoms with E-state index in [4.69, 9.17) is 4.74 Å². The second-order valence-electron chi connectivity index (χ2n) is 6.72. The van der Waals surface area contributed by atoms with Gasteiger partial charge < -0.3 is 14.2 Å². The van der Waals surface area contributed by atoms with Crippen LogP contribution in [0, 0.1) is 12.8 Å². The molecule has 2 heterocycles. The van der Waals surface area contributed by atoms with Gasteiger partial charge in [0.1, 0.15) is 0 Å². The molecule has 134 valence electrons. The van der Waals surface area contributed by atoms with E-state index in [1.54, 1.807) is 0 Å². The molecule has 1 aliphatic heterocycles. The summed E-state index contributed by atoms with van der Waals surface area (Å²) in [5.74, 6) is -0.0513. The second-order valence-corrected chi connectivity index (χ2v) is 6.72. The molecule has 0 atom stereocenters. The van der Waals surface area contributed by atoms with Gasteiger partial charge in [-0.1, -0.05) is 18.2 Å². The molecule has 0 N–H and O–H groups in total. The van der Waals surface area contributed by atoms with Crippen LogP contribution in [0.5, 0.6) is 0 Å². The predicted molar refractivity (Wildman–Crippen MR) is 97.3 cm³/mol. The Morgan fingerprint density at radius 1 is 1.20 bits per heavy atom. The summed E-state index contributed by atoms with van der Waals surface area (Å²) in [4.78, 5) is 26.5. The van der Waals surface area contributed by atoms with Crippen LogP contribution in [-0.2, 0) is 27.8 Å². The van der Waals surface area contributed by atoms with Gasteiger partial charge in [0.2, 0.25) is 5.91 Å². The van der Waals surface area contributed by atoms with Gasteiger partial charge >= 0.3 is 5.97 Å². The van der Waals surface area contributed by atoms with Crippen molar-refractivity contribution in [2.75, 3.05) is 19.7 Å². The van der Waals surface area contributed by atoms with Gasteiger partial charge in [-0.15, -0.1) is 0 Å². The summed E-state index contributed by atoms with van der Waals surface area (Å²) in [6.45, 7) is 5.56. The number of hydrogen-bond donors (Lipinski definition) is 0. The van der Waals surface area contributed by atoms with Crippen molar-refractivity contribution in [2.24, 2.45) is 13.0 Å². The van der Waals surface area contributed by atoms with Gasteiger partial charge in [0.25, 0.3) is 0 Å². The lowest BCUT2D eigenvalue weighted by atomic mass is 9.96. The predicted octanol–water partition coefficient (Wildman–Crippen LogP) is 2.83. The molecule has 0 aliphatic carbocycles. The van der Waals surface area contributed by atoms with Gasteiger partial charge in [0, 0.05) is 36.7 Å². The van der Waals surface area contributed by atoms with Crippen LogP contribution in [0.3, 0.4) is 0 Å². The first-order chi connectivity index (χ1) is 12.0. The molecule has 5 nitrogen and oxygen atoms in total. The van der Waals surface area contributed by atoms with E-state index in [0.717, 1.165) is 22.2 Å². The van der Waals surface area contributed by atoms with Crippen molar-refractivity contribution in [3.63, 3.8) is 0 Å². The van der Waals surface area contributed by atoms with Gasteiger partial charge in [-0.05, 0) is 38.3 Å². The molecule has 5 heteroatoms. The SMILES string of the molecule is CCOC(=O)C1CCN(C(=O)Cc2c(C)n(C)c3ccccc23)CC1. The Hall–Kier alpha value is -2.30. The molecular formula is C20H26N2O3. The molecule has 1 aromatic heterocycles. The molecule has 2 aromatic rings. The zero-order valence-corrected chi connectivity index (χ0v) is 15.2. The highest BCUT2D eigenvalue weighted by molar-refractivity contribution is 5.90. The fourth-order valence-corrected chi connectivity index (χ4v) is 3.71. The lowest BCUT2D eigenvalue weighted by Crippen LogP contribution is -2.41. The van der Waals surface area contributed by atoms with Crippen LogP contribution < -0.4 is 0 Å².